The second-order valence-corrected chi connectivity index (χ2v) is 9.31. The number of amides is 1. The van der Waals surface area contributed by atoms with Crippen LogP contribution in [-0.4, -0.2) is 67.8 Å². The van der Waals surface area contributed by atoms with E-state index in [1.165, 1.54) is 19.3 Å². The summed E-state index contributed by atoms with van der Waals surface area (Å²) in [7, 11) is 0. The Kier molecular flexibility index (Phi) is 7.09. The molecular weight excluding hydrogens is 409 g/mol. The zero-order valence-corrected chi connectivity index (χ0v) is 18.5. The molecule has 0 N–H and O–H groups in total. The Hall–Kier alpha value is -1.17. The van der Waals surface area contributed by atoms with E-state index in [9.17, 15) is 4.79 Å². The van der Waals surface area contributed by atoms with Crippen LogP contribution in [0.2, 0.25) is 10.0 Å². The Morgan fingerprint density at radius 3 is 2.48 bits per heavy atom. The fourth-order valence-corrected chi connectivity index (χ4v) is 5.37. The summed E-state index contributed by atoms with van der Waals surface area (Å²) >= 11 is 12.6. The molecule has 1 aliphatic carbocycles. The number of carbonyl (C=O) groups is 1. The highest BCUT2D eigenvalue weighted by molar-refractivity contribution is 6.43. The SMILES string of the molecule is O=C1OCCCN1[C@H]1CC[C@H](CCN2CCN(c3cccc(Cl)c3Cl)CC2)CC1. The third-order valence-corrected chi connectivity index (χ3v) is 7.57. The molecule has 3 aliphatic rings. The summed E-state index contributed by atoms with van der Waals surface area (Å²) in [6.07, 6.45) is 6.84. The van der Waals surface area contributed by atoms with Crippen LogP contribution in [0.4, 0.5) is 10.5 Å². The first-order valence-corrected chi connectivity index (χ1v) is 11.7. The Bertz CT molecular complexity index is 701. The molecule has 0 radical (unpaired) electrons. The molecule has 7 heteroatoms. The summed E-state index contributed by atoms with van der Waals surface area (Å²) in [6.45, 7) is 6.73. The predicted molar refractivity (Wildman–Crippen MR) is 118 cm³/mol. The van der Waals surface area contributed by atoms with E-state index in [1.807, 2.05) is 17.0 Å². The van der Waals surface area contributed by atoms with Gasteiger partial charge in [-0.15, -0.1) is 0 Å². The van der Waals surface area contributed by atoms with Crippen molar-refractivity contribution in [2.75, 3.05) is 50.8 Å². The molecule has 29 heavy (non-hydrogen) atoms. The number of halogens is 2. The van der Waals surface area contributed by atoms with Gasteiger partial charge >= 0.3 is 6.09 Å². The molecule has 2 heterocycles. The van der Waals surface area contributed by atoms with E-state index in [4.69, 9.17) is 27.9 Å². The van der Waals surface area contributed by atoms with Crippen molar-refractivity contribution in [1.29, 1.82) is 0 Å². The van der Waals surface area contributed by atoms with Gasteiger partial charge in [-0.25, -0.2) is 4.79 Å². The van der Waals surface area contributed by atoms with Crippen LogP contribution >= 0.6 is 23.2 Å². The van der Waals surface area contributed by atoms with Gasteiger partial charge in [0.05, 0.1) is 22.3 Å². The first kappa shape index (κ1) is 21.1. The van der Waals surface area contributed by atoms with Gasteiger partial charge in [0, 0.05) is 38.8 Å². The van der Waals surface area contributed by atoms with Crippen molar-refractivity contribution >= 4 is 35.0 Å². The number of ether oxygens (including phenoxy) is 1. The molecule has 0 aromatic heterocycles. The zero-order chi connectivity index (χ0) is 20.2. The lowest BCUT2D eigenvalue weighted by Crippen LogP contribution is -2.47. The van der Waals surface area contributed by atoms with Gasteiger partial charge in [0.2, 0.25) is 0 Å². The molecule has 0 bridgehead atoms. The van der Waals surface area contributed by atoms with Crippen LogP contribution in [-0.2, 0) is 4.74 Å². The Labute approximate surface area is 183 Å². The molecule has 1 aromatic carbocycles. The third-order valence-electron chi connectivity index (χ3n) is 6.76. The fraction of sp³-hybridized carbons (Fsp3) is 0.682. The molecule has 3 fully saturated rings. The lowest BCUT2D eigenvalue weighted by atomic mass is 9.83. The molecule has 4 rings (SSSR count). The molecule has 160 valence electrons. The van der Waals surface area contributed by atoms with E-state index in [2.05, 4.69) is 15.9 Å². The number of nitrogens with zero attached hydrogens (tertiary/aromatic N) is 3. The number of hydrogen-bond donors (Lipinski definition) is 0. The fourth-order valence-electron chi connectivity index (χ4n) is 4.96. The number of anilines is 1. The average molecular weight is 440 g/mol. The number of piperazine rings is 1. The molecule has 0 spiro atoms. The van der Waals surface area contributed by atoms with Gasteiger partial charge in [-0.2, -0.15) is 0 Å². The number of carbonyl (C=O) groups excluding carboxylic acids is 1. The topological polar surface area (TPSA) is 36.0 Å². The van der Waals surface area contributed by atoms with Gasteiger partial charge in [0.1, 0.15) is 0 Å². The smallest absolute Gasteiger partial charge is 0.410 e. The lowest BCUT2D eigenvalue weighted by molar-refractivity contribution is 0.0420. The molecular formula is C22H31Cl2N3O2. The molecule has 0 atom stereocenters. The summed E-state index contributed by atoms with van der Waals surface area (Å²) in [6, 6.07) is 6.26. The standard InChI is InChI=1S/C22H31Cl2N3O2/c23-19-3-1-4-20(21(19)24)26-14-12-25(13-15-26)11-9-17-5-7-18(8-6-17)27-10-2-16-29-22(27)28/h1,3-4,17-18H,2,5-16H2/t17-,18-. The highest BCUT2D eigenvalue weighted by Gasteiger charge is 2.31. The maximum absolute atomic E-state index is 12.0. The molecule has 5 nitrogen and oxygen atoms in total. The van der Waals surface area contributed by atoms with Crippen LogP contribution in [0.3, 0.4) is 0 Å². The van der Waals surface area contributed by atoms with E-state index in [1.54, 1.807) is 0 Å². The molecule has 1 amide bonds. The van der Waals surface area contributed by atoms with E-state index in [0.717, 1.165) is 70.1 Å². The molecule has 1 saturated carbocycles. The summed E-state index contributed by atoms with van der Waals surface area (Å²) in [5.41, 5.74) is 1.05. The second kappa shape index (κ2) is 9.76. The Morgan fingerprint density at radius 2 is 1.76 bits per heavy atom. The first-order valence-electron chi connectivity index (χ1n) is 11.0. The van der Waals surface area contributed by atoms with Crippen molar-refractivity contribution in [2.45, 2.75) is 44.6 Å². The van der Waals surface area contributed by atoms with Crippen molar-refractivity contribution < 1.29 is 9.53 Å². The number of hydrogen-bond acceptors (Lipinski definition) is 4. The minimum atomic E-state index is -0.0997. The van der Waals surface area contributed by atoms with E-state index in [-0.39, 0.29) is 6.09 Å². The van der Waals surface area contributed by atoms with Gasteiger partial charge in [0.25, 0.3) is 0 Å². The van der Waals surface area contributed by atoms with Gasteiger partial charge in [0.15, 0.2) is 0 Å². The molecule has 2 saturated heterocycles. The maximum atomic E-state index is 12.0. The van der Waals surface area contributed by atoms with E-state index < -0.39 is 0 Å². The van der Waals surface area contributed by atoms with Crippen LogP contribution in [0.15, 0.2) is 18.2 Å². The highest BCUT2D eigenvalue weighted by atomic mass is 35.5. The molecule has 0 unspecified atom stereocenters. The van der Waals surface area contributed by atoms with Crippen molar-refractivity contribution in [3.63, 3.8) is 0 Å². The summed E-state index contributed by atoms with van der Waals surface area (Å²) in [5.74, 6) is 0.785. The largest absolute Gasteiger partial charge is 0.449 e. The number of cyclic esters (lactones) is 1. The van der Waals surface area contributed by atoms with Gasteiger partial charge in [-0.1, -0.05) is 29.3 Å². The van der Waals surface area contributed by atoms with Crippen molar-refractivity contribution in [2.24, 2.45) is 5.92 Å². The predicted octanol–water partition coefficient (Wildman–Crippen LogP) is 4.91. The highest BCUT2D eigenvalue weighted by Crippen LogP contribution is 2.34. The summed E-state index contributed by atoms with van der Waals surface area (Å²) in [5, 5.41) is 1.29. The van der Waals surface area contributed by atoms with Crippen LogP contribution in [0.5, 0.6) is 0 Å². The Morgan fingerprint density at radius 1 is 1.00 bits per heavy atom. The van der Waals surface area contributed by atoms with E-state index in [0.29, 0.717) is 22.7 Å². The Balaban J connectivity index is 1.18. The van der Waals surface area contributed by atoms with Gasteiger partial charge in [-0.3, -0.25) is 4.90 Å². The zero-order valence-electron chi connectivity index (χ0n) is 17.0. The second-order valence-electron chi connectivity index (χ2n) is 8.53. The summed E-state index contributed by atoms with van der Waals surface area (Å²) in [4.78, 5) is 18.8. The minimum absolute atomic E-state index is 0.0997. The minimum Gasteiger partial charge on any atom is -0.449 e. The van der Waals surface area contributed by atoms with Crippen molar-refractivity contribution in [1.82, 2.24) is 9.80 Å². The van der Waals surface area contributed by atoms with Crippen LogP contribution in [0, 0.1) is 5.92 Å². The normalized spacial score (nSPS) is 26.5. The lowest BCUT2D eigenvalue weighted by Gasteiger charge is -2.39. The molecule has 1 aromatic rings. The van der Waals surface area contributed by atoms with Crippen LogP contribution in [0.1, 0.15) is 38.5 Å². The molecule has 2 aliphatic heterocycles. The monoisotopic (exact) mass is 439 g/mol. The van der Waals surface area contributed by atoms with E-state index >= 15 is 0 Å². The van der Waals surface area contributed by atoms with Crippen molar-refractivity contribution in [3.05, 3.63) is 28.2 Å². The quantitative estimate of drug-likeness (QED) is 0.652. The van der Waals surface area contributed by atoms with Gasteiger partial charge in [-0.05, 0) is 63.1 Å². The number of benzene rings is 1. The third kappa shape index (κ3) is 5.12. The van der Waals surface area contributed by atoms with Gasteiger partial charge < -0.3 is 14.5 Å². The summed E-state index contributed by atoms with van der Waals surface area (Å²) < 4.78 is 5.21. The first-order chi connectivity index (χ1) is 14.1. The average Bonchev–Trinajstić information content (AvgIpc) is 2.75. The van der Waals surface area contributed by atoms with Crippen molar-refractivity contribution in [3.8, 4) is 0 Å². The van der Waals surface area contributed by atoms with Crippen LogP contribution < -0.4 is 4.90 Å². The maximum Gasteiger partial charge on any atom is 0.410 e. The van der Waals surface area contributed by atoms with Crippen LogP contribution in [0.25, 0.3) is 0 Å². The number of rotatable bonds is 5.